The Kier molecular flexibility index (Phi) is 3.19. The van der Waals surface area contributed by atoms with Crippen molar-refractivity contribution in [2.75, 3.05) is 0 Å². The minimum absolute atomic E-state index is 0.0751. The third kappa shape index (κ3) is 2.87. The van der Waals surface area contributed by atoms with Gasteiger partial charge in [0, 0.05) is 9.28 Å². The Morgan fingerprint density at radius 1 is 1.33 bits per heavy atom. The van der Waals surface area contributed by atoms with E-state index in [4.69, 9.17) is 0 Å². The van der Waals surface area contributed by atoms with Gasteiger partial charge in [-0.1, -0.05) is 12.1 Å². The Morgan fingerprint density at radius 2 is 2.00 bits per heavy atom. The number of aliphatic imine (C=N–C) groups is 1. The predicted octanol–water partition coefficient (Wildman–Crippen LogP) is 2.64. The first-order valence-corrected chi connectivity index (χ1v) is 6.06. The lowest BCUT2D eigenvalue weighted by Gasteiger charge is -1.98. The third-order valence-corrected chi connectivity index (χ3v) is 3.23. The van der Waals surface area contributed by atoms with Crippen molar-refractivity contribution in [2.45, 2.75) is 25.8 Å². The van der Waals surface area contributed by atoms with Crippen molar-refractivity contribution in [3.63, 3.8) is 0 Å². The summed E-state index contributed by atoms with van der Waals surface area (Å²) in [4.78, 5) is 15.1. The number of carbonyl (C=O) groups excluding carboxylic acids is 1. The Labute approximate surface area is 103 Å². The van der Waals surface area contributed by atoms with Crippen molar-refractivity contribution in [3.05, 3.63) is 33.4 Å². The van der Waals surface area contributed by atoms with E-state index in [2.05, 4.69) is 51.8 Å². The lowest BCUT2D eigenvalue weighted by Crippen LogP contribution is -2.08. The van der Waals surface area contributed by atoms with Crippen LogP contribution in [0.4, 0.5) is 0 Å². The quantitative estimate of drug-likeness (QED) is 0.786. The molecule has 1 atom stereocenters. The Bertz CT molecular complexity index is 408. The van der Waals surface area contributed by atoms with Crippen LogP contribution in [0, 0.1) is 3.57 Å². The highest BCUT2D eigenvalue weighted by Gasteiger charge is 2.30. The fourth-order valence-corrected chi connectivity index (χ4v) is 1.94. The van der Waals surface area contributed by atoms with Gasteiger partial charge in [-0.25, -0.2) is 0 Å². The minimum Gasteiger partial charge on any atom is -0.297 e. The molecule has 0 saturated heterocycles. The largest absolute Gasteiger partial charge is 0.297 e. The normalized spacial score (nSPS) is 18.5. The van der Waals surface area contributed by atoms with Crippen molar-refractivity contribution >= 4 is 34.1 Å². The van der Waals surface area contributed by atoms with Gasteiger partial charge in [0.05, 0.1) is 0 Å². The number of ketones is 1. The molecular weight excluding hydrogens is 301 g/mol. The molecular formula is C12H12INO. The summed E-state index contributed by atoms with van der Waals surface area (Å²) in [7, 11) is 0. The molecule has 0 aromatic heterocycles. The molecule has 2 rings (SSSR count). The Morgan fingerprint density at radius 3 is 2.53 bits per heavy atom. The summed E-state index contributed by atoms with van der Waals surface area (Å²) >= 11 is 2.29. The fraction of sp³-hybridized carbons (Fsp3) is 0.333. The van der Waals surface area contributed by atoms with Crippen LogP contribution in [0.1, 0.15) is 18.9 Å². The number of hydrogen-bond acceptors (Lipinski definition) is 2. The van der Waals surface area contributed by atoms with Gasteiger partial charge in [-0.15, -0.1) is 0 Å². The molecule has 1 heterocycles. The van der Waals surface area contributed by atoms with E-state index in [1.54, 1.807) is 6.92 Å². The molecule has 0 bridgehead atoms. The number of aryl methyl sites for hydroxylation is 1. The average molecular weight is 313 g/mol. The van der Waals surface area contributed by atoms with Crippen molar-refractivity contribution in [1.29, 1.82) is 0 Å². The first-order valence-electron chi connectivity index (χ1n) is 4.98. The highest BCUT2D eigenvalue weighted by atomic mass is 127. The van der Waals surface area contributed by atoms with Gasteiger partial charge in [0.15, 0.2) is 5.78 Å². The first-order chi connectivity index (χ1) is 7.16. The van der Waals surface area contributed by atoms with Crippen molar-refractivity contribution < 1.29 is 4.79 Å². The van der Waals surface area contributed by atoms with Crippen LogP contribution in [0.25, 0.3) is 0 Å². The van der Waals surface area contributed by atoms with Crippen LogP contribution in [-0.2, 0) is 11.2 Å². The van der Waals surface area contributed by atoms with E-state index >= 15 is 0 Å². The number of rotatable bonds is 4. The smallest absolute Gasteiger partial charge is 0.159 e. The predicted molar refractivity (Wildman–Crippen MR) is 69.4 cm³/mol. The summed E-state index contributed by atoms with van der Waals surface area (Å²) in [6.07, 6.45) is 1.91. The molecule has 15 heavy (non-hydrogen) atoms. The van der Waals surface area contributed by atoms with E-state index in [1.807, 2.05) is 0 Å². The maximum absolute atomic E-state index is 11.0. The summed E-state index contributed by atoms with van der Waals surface area (Å²) in [5, 5.41) is 0. The zero-order valence-corrected chi connectivity index (χ0v) is 10.7. The number of carbonyl (C=O) groups is 1. The molecule has 1 aromatic carbocycles. The third-order valence-electron chi connectivity index (χ3n) is 2.51. The summed E-state index contributed by atoms with van der Waals surface area (Å²) in [6.45, 7) is 1.60. The number of hydrogen-bond donors (Lipinski definition) is 0. The van der Waals surface area contributed by atoms with Crippen LogP contribution in [0.2, 0.25) is 0 Å². The summed E-state index contributed by atoms with van der Waals surface area (Å²) in [5.41, 5.74) is 2.38. The topological polar surface area (TPSA) is 29.4 Å². The molecule has 3 heteroatoms. The van der Waals surface area contributed by atoms with Crippen molar-refractivity contribution in [2.24, 2.45) is 4.99 Å². The second-order valence-electron chi connectivity index (χ2n) is 3.76. The number of nitrogens with zero attached hydrogens (tertiary/aromatic N) is 1. The molecule has 0 saturated carbocycles. The van der Waals surface area contributed by atoms with Crippen LogP contribution in [0.5, 0.6) is 0 Å². The lowest BCUT2D eigenvalue weighted by atomic mass is 10.1. The fourth-order valence-electron chi connectivity index (χ4n) is 1.58. The highest BCUT2D eigenvalue weighted by Crippen LogP contribution is 2.18. The summed E-state index contributed by atoms with van der Waals surface area (Å²) < 4.78 is 1.25. The van der Waals surface area contributed by atoms with Crippen molar-refractivity contribution in [3.8, 4) is 0 Å². The maximum Gasteiger partial charge on any atom is 0.159 e. The highest BCUT2D eigenvalue weighted by molar-refractivity contribution is 14.1. The van der Waals surface area contributed by atoms with Gasteiger partial charge in [0.1, 0.15) is 6.04 Å². The molecule has 0 aliphatic carbocycles. The Balaban J connectivity index is 1.82. The molecule has 1 unspecified atom stereocenters. The second kappa shape index (κ2) is 4.43. The zero-order valence-electron chi connectivity index (χ0n) is 8.53. The molecule has 0 N–H and O–H groups in total. The molecule has 0 radical (unpaired) electrons. The molecule has 1 aliphatic rings. The van der Waals surface area contributed by atoms with Gasteiger partial charge in [0.2, 0.25) is 0 Å². The van der Waals surface area contributed by atoms with Crippen LogP contribution in [0.15, 0.2) is 29.3 Å². The first kappa shape index (κ1) is 10.8. The van der Waals surface area contributed by atoms with E-state index < -0.39 is 0 Å². The van der Waals surface area contributed by atoms with Gasteiger partial charge in [-0.05, 0) is 60.1 Å². The number of halogens is 1. The lowest BCUT2D eigenvalue weighted by molar-refractivity contribution is -0.116. The van der Waals surface area contributed by atoms with Gasteiger partial charge >= 0.3 is 0 Å². The molecule has 0 amide bonds. The van der Waals surface area contributed by atoms with Crippen LogP contribution in [0.3, 0.4) is 0 Å². The maximum atomic E-state index is 11.0. The van der Waals surface area contributed by atoms with E-state index in [1.165, 1.54) is 9.13 Å². The summed E-state index contributed by atoms with van der Waals surface area (Å²) in [6, 6.07) is 8.40. The number of Topliss-reactive ketones (excluding diaryl/α,β-unsaturated/α-hetero) is 1. The van der Waals surface area contributed by atoms with E-state index in [9.17, 15) is 4.79 Å². The minimum atomic E-state index is -0.0751. The average Bonchev–Trinajstić information content (AvgIpc) is 2.96. The van der Waals surface area contributed by atoms with Gasteiger partial charge < -0.3 is 0 Å². The zero-order chi connectivity index (χ0) is 10.8. The molecule has 1 aliphatic heterocycles. The van der Waals surface area contributed by atoms with Gasteiger partial charge in [-0.2, -0.15) is 0 Å². The number of benzene rings is 1. The van der Waals surface area contributed by atoms with E-state index in [0.717, 1.165) is 18.6 Å². The van der Waals surface area contributed by atoms with Crippen LogP contribution in [-0.4, -0.2) is 17.5 Å². The van der Waals surface area contributed by atoms with Gasteiger partial charge in [0.25, 0.3) is 0 Å². The van der Waals surface area contributed by atoms with Crippen LogP contribution < -0.4 is 0 Å². The standard InChI is InChI=1S/C12H12INO/c1-8(15)12-11(14-12)7-4-9-2-5-10(13)6-3-9/h2-3,5-6,12H,4,7H2,1H3. The van der Waals surface area contributed by atoms with Crippen molar-refractivity contribution in [1.82, 2.24) is 0 Å². The Hall–Kier alpha value is -0.710. The van der Waals surface area contributed by atoms with E-state index in [-0.39, 0.29) is 11.8 Å². The second-order valence-corrected chi connectivity index (χ2v) is 5.01. The molecule has 78 valence electrons. The monoisotopic (exact) mass is 313 g/mol. The molecule has 0 fully saturated rings. The van der Waals surface area contributed by atoms with Crippen LogP contribution >= 0.6 is 22.6 Å². The molecule has 2 nitrogen and oxygen atoms in total. The SMILES string of the molecule is CC(=O)C1N=C1CCc1ccc(I)cc1. The van der Waals surface area contributed by atoms with Gasteiger partial charge in [-0.3, -0.25) is 9.79 Å². The summed E-state index contributed by atoms with van der Waals surface area (Å²) in [5.74, 6) is 0.174. The molecule has 0 spiro atoms. The molecule has 1 aromatic rings. The van der Waals surface area contributed by atoms with E-state index in [0.29, 0.717) is 0 Å².